The Labute approximate surface area is 198 Å². The molecule has 176 valence electrons. The van der Waals surface area contributed by atoms with E-state index in [4.69, 9.17) is 21.1 Å². The summed E-state index contributed by atoms with van der Waals surface area (Å²) < 4.78 is 10.9. The largest absolute Gasteiger partial charge is 0.389 e. The predicted octanol–water partition coefficient (Wildman–Crippen LogP) is 3.19. The zero-order valence-electron chi connectivity index (χ0n) is 18.6. The highest BCUT2D eigenvalue weighted by Crippen LogP contribution is 2.58. The molecule has 3 saturated heterocycles. The van der Waals surface area contributed by atoms with E-state index in [1.54, 1.807) is 6.20 Å². The van der Waals surface area contributed by atoms with Gasteiger partial charge in [0.15, 0.2) is 0 Å². The smallest absolute Gasteiger partial charge is 0.229 e. The molecule has 1 amide bonds. The Morgan fingerprint density at radius 3 is 2.76 bits per heavy atom. The number of halogens is 1. The van der Waals surface area contributed by atoms with Gasteiger partial charge in [0.1, 0.15) is 5.82 Å². The van der Waals surface area contributed by atoms with Gasteiger partial charge in [0.2, 0.25) is 5.91 Å². The van der Waals surface area contributed by atoms with Crippen LogP contribution in [0.15, 0.2) is 24.4 Å². The highest BCUT2D eigenvalue weighted by atomic mass is 35.5. The third-order valence-electron chi connectivity index (χ3n) is 8.19. The fraction of sp³-hybridized carbons (Fsp3) is 0.600. The first kappa shape index (κ1) is 21.7. The van der Waals surface area contributed by atoms with Crippen LogP contribution >= 0.6 is 11.6 Å². The SMILES string of the molecule is O=C(Nc1cc2cc(C3CCN([C@H]4COC[C@H]4O)CC3)c(Cl)cc2cn1)[C@H]1CC12CCOC2. The molecule has 1 spiro atoms. The summed E-state index contributed by atoms with van der Waals surface area (Å²) in [6, 6.07) is 6.20. The van der Waals surface area contributed by atoms with Gasteiger partial charge in [-0.2, -0.15) is 0 Å². The van der Waals surface area contributed by atoms with Crippen LogP contribution in [-0.2, 0) is 14.3 Å². The maximum Gasteiger partial charge on any atom is 0.229 e. The first-order valence-electron chi connectivity index (χ1n) is 12.0. The summed E-state index contributed by atoms with van der Waals surface area (Å²) in [6.07, 6.45) is 5.27. The van der Waals surface area contributed by atoms with E-state index < -0.39 is 6.10 Å². The quantitative estimate of drug-likeness (QED) is 0.712. The zero-order valence-corrected chi connectivity index (χ0v) is 19.4. The van der Waals surface area contributed by atoms with Gasteiger partial charge in [-0.15, -0.1) is 0 Å². The van der Waals surface area contributed by atoms with Crippen LogP contribution in [0.1, 0.15) is 37.2 Å². The first-order valence-corrected chi connectivity index (χ1v) is 12.4. The van der Waals surface area contributed by atoms with Crippen molar-refractivity contribution in [2.75, 3.05) is 44.8 Å². The number of nitrogens with zero attached hydrogens (tertiary/aromatic N) is 2. The molecule has 4 aliphatic rings. The van der Waals surface area contributed by atoms with Crippen molar-refractivity contribution < 1.29 is 19.4 Å². The molecule has 0 bridgehead atoms. The Balaban J connectivity index is 1.16. The van der Waals surface area contributed by atoms with Crippen molar-refractivity contribution >= 4 is 34.1 Å². The fourth-order valence-electron chi connectivity index (χ4n) is 5.98. The summed E-state index contributed by atoms with van der Waals surface area (Å²) in [7, 11) is 0. The Bertz CT molecular complexity index is 1070. The summed E-state index contributed by atoms with van der Waals surface area (Å²) in [6.45, 7) is 4.35. The Kier molecular flexibility index (Phi) is 5.58. The number of likely N-dealkylation sites (tertiary alicyclic amines) is 1. The maximum absolute atomic E-state index is 12.7. The molecular formula is C25H30ClN3O4. The predicted molar refractivity (Wildman–Crippen MR) is 126 cm³/mol. The van der Waals surface area contributed by atoms with E-state index in [1.807, 2.05) is 12.1 Å². The van der Waals surface area contributed by atoms with Crippen LogP contribution in [-0.4, -0.2) is 72.6 Å². The molecule has 7 nitrogen and oxygen atoms in total. The molecule has 1 aromatic carbocycles. The van der Waals surface area contributed by atoms with Gasteiger partial charge in [-0.05, 0) is 73.8 Å². The number of fused-ring (bicyclic) bond motifs is 1. The molecule has 2 N–H and O–H groups in total. The number of carbonyl (C=O) groups excluding carboxylic acids is 1. The summed E-state index contributed by atoms with van der Waals surface area (Å²) >= 11 is 6.68. The van der Waals surface area contributed by atoms with Crippen LogP contribution in [0.4, 0.5) is 5.82 Å². The van der Waals surface area contributed by atoms with Crippen LogP contribution in [0.3, 0.4) is 0 Å². The van der Waals surface area contributed by atoms with E-state index in [0.29, 0.717) is 31.6 Å². The minimum Gasteiger partial charge on any atom is -0.389 e. The molecule has 3 aliphatic heterocycles. The Morgan fingerprint density at radius 1 is 1.18 bits per heavy atom. The average Bonchev–Trinajstić information content (AvgIpc) is 3.09. The Morgan fingerprint density at radius 2 is 2.03 bits per heavy atom. The molecule has 0 radical (unpaired) electrons. The van der Waals surface area contributed by atoms with E-state index in [-0.39, 0.29) is 23.3 Å². The van der Waals surface area contributed by atoms with Crippen LogP contribution in [0.25, 0.3) is 10.8 Å². The maximum atomic E-state index is 12.7. The minimum atomic E-state index is -0.390. The lowest BCUT2D eigenvalue weighted by Gasteiger charge is -2.36. The monoisotopic (exact) mass is 471 g/mol. The van der Waals surface area contributed by atoms with Gasteiger partial charge in [-0.1, -0.05) is 11.6 Å². The molecule has 1 unspecified atom stereocenters. The van der Waals surface area contributed by atoms with Crippen molar-refractivity contribution in [3.8, 4) is 0 Å². The third kappa shape index (κ3) is 4.04. The topological polar surface area (TPSA) is 83.9 Å². The number of hydrogen-bond donors (Lipinski definition) is 2. The zero-order chi connectivity index (χ0) is 22.6. The molecule has 8 heteroatoms. The molecular weight excluding hydrogens is 442 g/mol. The van der Waals surface area contributed by atoms with E-state index >= 15 is 0 Å². The summed E-state index contributed by atoms with van der Waals surface area (Å²) in [5.41, 5.74) is 1.22. The lowest BCUT2D eigenvalue weighted by molar-refractivity contribution is -0.118. The number of hydrogen-bond acceptors (Lipinski definition) is 6. The molecule has 4 heterocycles. The molecule has 33 heavy (non-hydrogen) atoms. The number of amides is 1. The number of carbonyl (C=O) groups is 1. The Hall–Kier alpha value is -1.77. The normalized spacial score (nSPS) is 32.6. The number of nitrogens with one attached hydrogen (secondary N) is 1. The number of anilines is 1. The standard InChI is InChI=1S/C25H30ClN3O4/c26-20-8-17-11-27-23(28-24(31)19-10-25(19)3-6-32-14-25)9-16(17)7-18(20)15-1-4-29(5-2-15)21-12-33-13-22(21)30/h7-9,11,15,19,21-22,30H,1-6,10,12-14H2,(H,27,28,31)/t19-,21+,22-,25?/m1/s1. The van der Waals surface area contributed by atoms with Gasteiger partial charge >= 0.3 is 0 Å². The molecule has 1 saturated carbocycles. The fourth-order valence-corrected chi connectivity index (χ4v) is 6.30. The molecule has 1 aromatic heterocycles. The molecule has 4 fully saturated rings. The second kappa shape index (κ2) is 8.47. The summed E-state index contributed by atoms with van der Waals surface area (Å²) in [5.74, 6) is 1.04. The van der Waals surface area contributed by atoms with E-state index in [9.17, 15) is 9.90 Å². The van der Waals surface area contributed by atoms with Crippen molar-refractivity contribution in [1.29, 1.82) is 0 Å². The number of ether oxygens (including phenoxy) is 2. The molecule has 6 rings (SSSR count). The lowest BCUT2D eigenvalue weighted by atomic mass is 9.87. The third-order valence-corrected chi connectivity index (χ3v) is 8.52. The highest BCUT2D eigenvalue weighted by Gasteiger charge is 2.59. The highest BCUT2D eigenvalue weighted by molar-refractivity contribution is 6.32. The molecule has 4 atom stereocenters. The minimum absolute atomic E-state index is 0.0345. The van der Waals surface area contributed by atoms with Crippen LogP contribution in [0, 0.1) is 11.3 Å². The van der Waals surface area contributed by atoms with Crippen LogP contribution < -0.4 is 5.32 Å². The van der Waals surface area contributed by atoms with E-state index in [2.05, 4.69) is 21.3 Å². The van der Waals surface area contributed by atoms with E-state index in [0.717, 1.165) is 66.7 Å². The number of aliphatic hydroxyl groups excluding tert-OH is 1. The van der Waals surface area contributed by atoms with Crippen molar-refractivity contribution in [1.82, 2.24) is 9.88 Å². The lowest BCUT2D eigenvalue weighted by Crippen LogP contribution is -2.46. The number of pyridine rings is 1. The van der Waals surface area contributed by atoms with E-state index in [1.165, 1.54) is 0 Å². The van der Waals surface area contributed by atoms with Gasteiger partial charge in [-0.25, -0.2) is 4.98 Å². The number of rotatable bonds is 4. The van der Waals surface area contributed by atoms with Gasteiger partial charge in [-0.3, -0.25) is 9.69 Å². The number of aliphatic hydroxyl groups is 1. The molecule has 2 aromatic rings. The second-order valence-electron chi connectivity index (χ2n) is 10.2. The van der Waals surface area contributed by atoms with Gasteiger partial charge < -0.3 is 19.9 Å². The van der Waals surface area contributed by atoms with Crippen molar-refractivity contribution in [3.63, 3.8) is 0 Å². The van der Waals surface area contributed by atoms with Gasteiger partial charge in [0.05, 0.1) is 32.0 Å². The van der Waals surface area contributed by atoms with Crippen LogP contribution in [0.5, 0.6) is 0 Å². The van der Waals surface area contributed by atoms with Crippen LogP contribution in [0.2, 0.25) is 5.02 Å². The second-order valence-corrected chi connectivity index (χ2v) is 10.6. The van der Waals surface area contributed by atoms with Gasteiger partial charge in [0.25, 0.3) is 0 Å². The summed E-state index contributed by atoms with van der Waals surface area (Å²) in [5, 5.41) is 15.9. The van der Waals surface area contributed by atoms with Crippen molar-refractivity contribution in [2.24, 2.45) is 11.3 Å². The number of benzene rings is 1. The summed E-state index contributed by atoms with van der Waals surface area (Å²) in [4.78, 5) is 19.5. The number of piperidine rings is 1. The van der Waals surface area contributed by atoms with Gasteiger partial charge in [0, 0.05) is 34.5 Å². The first-order chi connectivity index (χ1) is 16.0. The molecule has 1 aliphatic carbocycles. The van der Waals surface area contributed by atoms with Crippen molar-refractivity contribution in [3.05, 3.63) is 35.0 Å². The number of aromatic nitrogens is 1. The average molecular weight is 472 g/mol. The van der Waals surface area contributed by atoms with Crippen molar-refractivity contribution in [2.45, 2.75) is 43.7 Å².